The molecular formula is C15H21NO3S. The van der Waals surface area contributed by atoms with Gasteiger partial charge in [0.05, 0.1) is 5.92 Å². The van der Waals surface area contributed by atoms with Crippen LogP contribution in [-0.2, 0) is 16.0 Å². The fourth-order valence-corrected chi connectivity index (χ4v) is 3.71. The van der Waals surface area contributed by atoms with Crippen LogP contribution < -0.4 is 5.32 Å². The van der Waals surface area contributed by atoms with E-state index >= 15 is 0 Å². The van der Waals surface area contributed by atoms with Crippen molar-refractivity contribution in [3.63, 3.8) is 0 Å². The molecule has 0 aliphatic heterocycles. The number of aliphatic carboxylic acids is 1. The van der Waals surface area contributed by atoms with Crippen LogP contribution >= 0.6 is 11.3 Å². The maximum Gasteiger partial charge on any atom is 0.326 e. The molecule has 0 bridgehead atoms. The van der Waals surface area contributed by atoms with Gasteiger partial charge in [-0.3, -0.25) is 4.79 Å². The molecule has 20 heavy (non-hydrogen) atoms. The quantitative estimate of drug-likeness (QED) is 0.878. The molecule has 1 aromatic heterocycles. The van der Waals surface area contributed by atoms with E-state index in [0.717, 1.165) is 24.8 Å². The fourth-order valence-electron chi connectivity index (χ4n) is 2.72. The van der Waals surface area contributed by atoms with E-state index in [4.69, 9.17) is 0 Å². The molecule has 1 unspecified atom stereocenters. The summed E-state index contributed by atoms with van der Waals surface area (Å²) in [6.07, 6.45) is 3.30. The fraction of sp³-hybridized carbons (Fsp3) is 0.600. The Labute approximate surface area is 123 Å². The van der Waals surface area contributed by atoms with Crippen molar-refractivity contribution in [2.24, 2.45) is 5.92 Å². The van der Waals surface area contributed by atoms with Crippen molar-refractivity contribution in [1.82, 2.24) is 5.32 Å². The van der Waals surface area contributed by atoms with Crippen LogP contribution in [0.5, 0.6) is 0 Å². The SMILES string of the molecule is CC(C)C[C@@H](NC(=O)C1CCCc2sccc21)C(=O)O. The summed E-state index contributed by atoms with van der Waals surface area (Å²) in [5, 5.41) is 13.9. The Bertz CT molecular complexity index is 495. The highest BCUT2D eigenvalue weighted by Gasteiger charge is 2.30. The first-order valence-electron chi connectivity index (χ1n) is 7.08. The lowest BCUT2D eigenvalue weighted by Gasteiger charge is -2.24. The first kappa shape index (κ1) is 15.0. The summed E-state index contributed by atoms with van der Waals surface area (Å²) in [4.78, 5) is 24.9. The maximum absolute atomic E-state index is 12.4. The number of carbonyl (C=O) groups excluding carboxylic acids is 1. The van der Waals surface area contributed by atoms with E-state index in [2.05, 4.69) is 5.32 Å². The first-order chi connectivity index (χ1) is 9.49. The normalized spacial score (nSPS) is 19.4. The minimum Gasteiger partial charge on any atom is -0.480 e. The Hall–Kier alpha value is -1.36. The Morgan fingerprint density at radius 3 is 2.90 bits per heavy atom. The number of carboxylic acid groups (broad SMARTS) is 1. The van der Waals surface area contributed by atoms with Gasteiger partial charge in [-0.2, -0.15) is 0 Å². The molecule has 2 rings (SSSR count). The van der Waals surface area contributed by atoms with Crippen LogP contribution in [0.4, 0.5) is 0 Å². The molecule has 4 nitrogen and oxygen atoms in total. The second-order valence-corrected chi connectivity index (χ2v) is 6.77. The van der Waals surface area contributed by atoms with Gasteiger partial charge in [-0.05, 0) is 48.6 Å². The lowest BCUT2D eigenvalue weighted by atomic mass is 9.87. The topological polar surface area (TPSA) is 66.4 Å². The van der Waals surface area contributed by atoms with Crippen molar-refractivity contribution in [3.05, 3.63) is 21.9 Å². The molecule has 0 aromatic carbocycles. The molecule has 0 saturated carbocycles. The van der Waals surface area contributed by atoms with E-state index in [1.807, 2.05) is 25.3 Å². The minimum absolute atomic E-state index is 0.141. The molecule has 1 heterocycles. The molecule has 0 fully saturated rings. The number of rotatable bonds is 5. The number of aryl methyl sites for hydroxylation is 1. The number of carbonyl (C=O) groups is 2. The Morgan fingerprint density at radius 1 is 1.50 bits per heavy atom. The molecule has 1 aliphatic carbocycles. The summed E-state index contributed by atoms with van der Waals surface area (Å²) in [5.41, 5.74) is 1.09. The Kier molecular flexibility index (Phi) is 4.81. The highest BCUT2D eigenvalue weighted by Crippen LogP contribution is 2.35. The van der Waals surface area contributed by atoms with Gasteiger partial charge < -0.3 is 10.4 Å². The molecule has 5 heteroatoms. The number of amides is 1. The number of carboxylic acids is 1. The van der Waals surface area contributed by atoms with Gasteiger partial charge in [-0.15, -0.1) is 11.3 Å². The molecule has 1 aliphatic rings. The van der Waals surface area contributed by atoms with Gasteiger partial charge >= 0.3 is 5.97 Å². The van der Waals surface area contributed by atoms with E-state index in [9.17, 15) is 14.7 Å². The van der Waals surface area contributed by atoms with Crippen LogP contribution in [0.1, 0.15) is 49.5 Å². The zero-order valence-corrected chi connectivity index (χ0v) is 12.7. The predicted octanol–water partition coefficient (Wildman–Crippen LogP) is 2.78. The molecule has 2 atom stereocenters. The molecule has 0 saturated heterocycles. The maximum atomic E-state index is 12.4. The molecular weight excluding hydrogens is 274 g/mol. The zero-order valence-electron chi connectivity index (χ0n) is 11.9. The van der Waals surface area contributed by atoms with Gasteiger partial charge in [-0.1, -0.05) is 13.8 Å². The largest absolute Gasteiger partial charge is 0.480 e. The molecule has 0 radical (unpaired) electrons. The summed E-state index contributed by atoms with van der Waals surface area (Å²) in [7, 11) is 0. The summed E-state index contributed by atoms with van der Waals surface area (Å²) >= 11 is 1.69. The third-order valence-electron chi connectivity index (χ3n) is 3.69. The van der Waals surface area contributed by atoms with Crippen molar-refractivity contribution < 1.29 is 14.7 Å². The third kappa shape index (κ3) is 3.39. The Morgan fingerprint density at radius 2 is 2.25 bits per heavy atom. The van der Waals surface area contributed by atoms with Crippen molar-refractivity contribution in [1.29, 1.82) is 0 Å². The highest BCUT2D eigenvalue weighted by molar-refractivity contribution is 7.10. The molecule has 2 N–H and O–H groups in total. The second kappa shape index (κ2) is 6.39. The number of hydrogen-bond donors (Lipinski definition) is 2. The summed E-state index contributed by atoms with van der Waals surface area (Å²) in [6.45, 7) is 3.92. The van der Waals surface area contributed by atoms with Crippen LogP contribution in [0.25, 0.3) is 0 Å². The van der Waals surface area contributed by atoms with E-state index in [1.165, 1.54) is 4.88 Å². The smallest absolute Gasteiger partial charge is 0.326 e. The highest BCUT2D eigenvalue weighted by atomic mass is 32.1. The minimum atomic E-state index is -0.951. The third-order valence-corrected chi connectivity index (χ3v) is 4.69. The number of hydrogen-bond acceptors (Lipinski definition) is 3. The van der Waals surface area contributed by atoms with Gasteiger partial charge in [0, 0.05) is 4.88 Å². The summed E-state index contributed by atoms with van der Waals surface area (Å²) in [5.74, 6) is -1.04. The number of nitrogens with one attached hydrogen (secondary N) is 1. The molecule has 1 aromatic rings. The van der Waals surface area contributed by atoms with E-state index in [1.54, 1.807) is 11.3 Å². The summed E-state index contributed by atoms with van der Waals surface area (Å²) < 4.78 is 0. The lowest BCUT2D eigenvalue weighted by Crippen LogP contribution is -2.44. The zero-order chi connectivity index (χ0) is 14.7. The van der Waals surface area contributed by atoms with E-state index < -0.39 is 12.0 Å². The van der Waals surface area contributed by atoms with Gasteiger partial charge in [0.1, 0.15) is 6.04 Å². The average Bonchev–Trinajstić information content (AvgIpc) is 2.84. The van der Waals surface area contributed by atoms with Gasteiger partial charge in [0.25, 0.3) is 0 Å². The monoisotopic (exact) mass is 295 g/mol. The molecule has 0 spiro atoms. The number of thiophene rings is 1. The Balaban J connectivity index is 2.07. The van der Waals surface area contributed by atoms with Crippen molar-refractivity contribution in [2.75, 3.05) is 0 Å². The van der Waals surface area contributed by atoms with Crippen LogP contribution in [0.3, 0.4) is 0 Å². The first-order valence-corrected chi connectivity index (χ1v) is 7.96. The second-order valence-electron chi connectivity index (χ2n) is 5.77. The van der Waals surface area contributed by atoms with Crippen LogP contribution in [0.15, 0.2) is 11.4 Å². The predicted molar refractivity (Wildman–Crippen MR) is 79.0 cm³/mol. The van der Waals surface area contributed by atoms with Crippen molar-refractivity contribution in [3.8, 4) is 0 Å². The standard InChI is InChI=1S/C15H21NO3S/c1-9(2)8-12(15(18)19)16-14(17)11-4-3-5-13-10(11)6-7-20-13/h6-7,9,11-12H,3-5,8H2,1-2H3,(H,16,17)(H,18,19)/t11?,12-/m1/s1. The lowest BCUT2D eigenvalue weighted by molar-refractivity contribution is -0.142. The van der Waals surface area contributed by atoms with Gasteiger partial charge in [-0.25, -0.2) is 4.79 Å². The van der Waals surface area contributed by atoms with Crippen molar-refractivity contribution >= 4 is 23.2 Å². The average molecular weight is 295 g/mol. The molecule has 1 amide bonds. The van der Waals surface area contributed by atoms with Crippen LogP contribution in [-0.4, -0.2) is 23.0 Å². The molecule has 110 valence electrons. The van der Waals surface area contributed by atoms with Gasteiger partial charge in [0.15, 0.2) is 0 Å². The van der Waals surface area contributed by atoms with Crippen LogP contribution in [0, 0.1) is 5.92 Å². The van der Waals surface area contributed by atoms with Gasteiger partial charge in [0.2, 0.25) is 5.91 Å². The summed E-state index contributed by atoms with van der Waals surface area (Å²) in [6, 6.07) is 1.22. The van der Waals surface area contributed by atoms with E-state index in [0.29, 0.717) is 6.42 Å². The van der Waals surface area contributed by atoms with Crippen molar-refractivity contribution in [2.45, 2.75) is 51.5 Å². The van der Waals surface area contributed by atoms with Crippen LogP contribution in [0.2, 0.25) is 0 Å². The van der Waals surface area contributed by atoms with E-state index in [-0.39, 0.29) is 17.7 Å². The number of fused-ring (bicyclic) bond motifs is 1.